The highest BCUT2D eigenvalue weighted by molar-refractivity contribution is 7.99. The van der Waals surface area contributed by atoms with Crippen LogP contribution in [0.1, 0.15) is 36.0 Å². The van der Waals surface area contributed by atoms with E-state index >= 15 is 0 Å². The van der Waals surface area contributed by atoms with Gasteiger partial charge in [0.25, 0.3) is 0 Å². The zero-order valence-corrected chi connectivity index (χ0v) is 12.2. The van der Waals surface area contributed by atoms with E-state index in [1.165, 1.54) is 18.6 Å². The molecule has 0 heterocycles. The zero-order valence-electron chi connectivity index (χ0n) is 11.4. The molecule has 110 valence electrons. The van der Waals surface area contributed by atoms with Crippen LogP contribution in [0, 0.1) is 5.82 Å². The number of hydrogen-bond acceptors (Lipinski definition) is 4. The molecule has 1 aromatic rings. The standard InChI is InChI=1S/C14H19FN2O2S/c1-20-9-4-2-3-8(7-9)17-11-6-5-10(15)13(16)12(11)14(18)19/h5-6,8-9,17H,2-4,7,16H2,1H3,(H,18,19). The summed E-state index contributed by atoms with van der Waals surface area (Å²) in [5.41, 5.74) is 5.47. The van der Waals surface area contributed by atoms with Gasteiger partial charge in [-0.15, -0.1) is 0 Å². The van der Waals surface area contributed by atoms with Crippen LogP contribution < -0.4 is 11.1 Å². The first-order valence-electron chi connectivity index (χ1n) is 6.63. The van der Waals surface area contributed by atoms with Crippen LogP contribution in [0.25, 0.3) is 0 Å². The lowest BCUT2D eigenvalue weighted by atomic mass is 9.94. The maximum Gasteiger partial charge on any atom is 0.340 e. The van der Waals surface area contributed by atoms with E-state index in [-0.39, 0.29) is 17.3 Å². The van der Waals surface area contributed by atoms with E-state index in [0.29, 0.717) is 10.9 Å². The monoisotopic (exact) mass is 298 g/mol. The Labute approximate surface area is 121 Å². The van der Waals surface area contributed by atoms with Gasteiger partial charge < -0.3 is 16.2 Å². The summed E-state index contributed by atoms with van der Waals surface area (Å²) in [6.07, 6.45) is 6.37. The van der Waals surface area contributed by atoms with Gasteiger partial charge in [0.15, 0.2) is 0 Å². The Morgan fingerprint density at radius 2 is 2.25 bits per heavy atom. The molecule has 2 atom stereocenters. The molecular formula is C14H19FN2O2S. The van der Waals surface area contributed by atoms with Crippen molar-refractivity contribution in [2.45, 2.75) is 37.0 Å². The smallest absolute Gasteiger partial charge is 0.340 e. The number of anilines is 2. The first-order chi connectivity index (χ1) is 9.52. The Morgan fingerprint density at radius 1 is 1.50 bits per heavy atom. The molecule has 4 N–H and O–H groups in total. The average Bonchev–Trinajstić information content (AvgIpc) is 2.43. The highest BCUT2D eigenvalue weighted by atomic mass is 32.2. The van der Waals surface area contributed by atoms with Crippen LogP contribution in [0.4, 0.5) is 15.8 Å². The van der Waals surface area contributed by atoms with Crippen molar-refractivity contribution in [3.05, 3.63) is 23.5 Å². The summed E-state index contributed by atoms with van der Waals surface area (Å²) in [6, 6.07) is 2.88. The van der Waals surface area contributed by atoms with E-state index in [9.17, 15) is 14.3 Å². The third-order valence-electron chi connectivity index (χ3n) is 3.73. The molecule has 1 aliphatic rings. The third kappa shape index (κ3) is 3.17. The van der Waals surface area contributed by atoms with Gasteiger partial charge in [-0.05, 0) is 37.7 Å². The van der Waals surface area contributed by atoms with Gasteiger partial charge in [0.05, 0.1) is 11.4 Å². The van der Waals surface area contributed by atoms with Crippen LogP contribution in [0.3, 0.4) is 0 Å². The molecule has 1 aromatic carbocycles. The van der Waals surface area contributed by atoms with Crippen molar-refractivity contribution in [3.63, 3.8) is 0 Å². The molecule has 4 nitrogen and oxygen atoms in total. The molecule has 1 aliphatic carbocycles. The second-order valence-electron chi connectivity index (χ2n) is 5.05. The zero-order chi connectivity index (χ0) is 14.7. The molecule has 0 bridgehead atoms. The van der Waals surface area contributed by atoms with Crippen molar-refractivity contribution >= 4 is 29.1 Å². The molecule has 0 saturated heterocycles. The number of carbonyl (C=O) groups is 1. The van der Waals surface area contributed by atoms with E-state index in [1.54, 1.807) is 0 Å². The molecule has 20 heavy (non-hydrogen) atoms. The number of halogens is 1. The SMILES string of the molecule is CSC1CCCC(Nc2ccc(F)c(N)c2C(=O)O)C1. The number of benzene rings is 1. The Hall–Kier alpha value is -1.43. The fourth-order valence-electron chi connectivity index (χ4n) is 2.65. The normalized spacial score (nSPS) is 22.5. The molecule has 1 fully saturated rings. The fraction of sp³-hybridized carbons (Fsp3) is 0.500. The van der Waals surface area contributed by atoms with Gasteiger partial charge in [-0.2, -0.15) is 11.8 Å². The molecule has 0 aliphatic heterocycles. The minimum Gasteiger partial charge on any atom is -0.478 e. The Balaban J connectivity index is 2.21. The van der Waals surface area contributed by atoms with Crippen molar-refractivity contribution in [2.24, 2.45) is 0 Å². The number of nitrogens with two attached hydrogens (primary N) is 1. The van der Waals surface area contributed by atoms with Gasteiger partial charge in [0.2, 0.25) is 0 Å². The number of hydrogen-bond donors (Lipinski definition) is 3. The minimum absolute atomic E-state index is 0.170. The number of nitrogens with one attached hydrogen (secondary N) is 1. The maximum absolute atomic E-state index is 13.4. The average molecular weight is 298 g/mol. The molecule has 2 rings (SSSR count). The van der Waals surface area contributed by atoms with Crippen molar-refractivity contribution in [1.82, 2.24) is 0 Å². The summed E-state index contributed by atoms with van der Waals surface area (Å²) < 4.78 is 13.4. The molecule has 2 unspecified atom stereocenters. The summed E-state index contributed by atoms with van der Waals surface area (Å²) in [4.78, 5) is 11.3. The number of nitrogen functional groups attached to an aromatic ring is 1. The fourth-order valence-corrected chi connectivity index (χ4v) is 3.48. The van der Waals surface area contributed by atoms with Crippen LogP contribution in [-0.2, 0) is 0 Å². The molecular weight excluding hydrogens is 279 g/mol. The quantitative estimate of drug-likeness (QED) is 0.744. The Kier molecular flexibility index (Phi) is 4.75. The van der Waals surface area contributed by atoms with E-state index in [0.717, 1.165) is 19.3 Å². The largest absolute Gasteiger partial charge is 0.478 e. The van der Waals surface area contributed by atoms with Gasteiger partial charge in [0.1, 0.15) is 11.4 Å². The summed E-state index contributed by atoms with van der Waals surface area (Å²) in [5, 5.41) is 13.0. The molecule has 0 spiro atoms. The van der Waals surface area contributed by atoms with Crippen LogP contribution in [0.15, 0.2) is 12.1 Å². The second-order valence-corrected chi connectivity index (χ2v) is 6.19. The predicted octanol–water partition coefficient (Wildman–Crippen LogP) is 3.19. The Bertz CT molecular complexity index is 510. The lowest BCUT2D eigenvalue weighted by Crippen LogP contribution is -2.29. The van der Waals surface area contributed by atoms with E-state index in [1.807, 2.05) is 11.8 Å². The number of rotatable bonds is 4. The molecule has 1 saturated carbocycles. The lowest BCUT2D eigenvalue weighted by Gasteiger charge is -2.30. The minimum atomic E-state index is -1.21. The maximum atomic E-state index is 13.4. The van der Waals surface area contributed by atoms with Crippen LogP contribution >= 0.6 is 11.8 Å². The number of carboxylic acid groups (broad SMARTS) is 1. The summed E-state index contributed by atoms with van der Waals surface area (Å²) in [5.74, 6) is -1.90. The highest BCUT2D eigenvalue weighted by Gasteiger charge is 2.24. The van der Waals surface area contributed by atoms with Crippen LogP contribution in [0.5, 0.6) is 0 Å². The number of aromatic carboxylic acids is 1. The van der Waals surface area contributed by atoms with Crippen molar-refractivity contribution in [1.29, 1.82) is 0 Å². The van der Waals surface area contributed by atoms with Crippen molar-refractivity contribution in [2.75, 3.05) is 17.3 Å². The van der Waals surface area contributed by atoms with E-state index in [2.05, 4.69) is 11.6 Å². The van der Waals surface area contributed by atoms with Crippen LogP contribution in [0.2, 0.25) is 0 Å². The molecule has 0 amide bonds. The van der Waals surface area contributed by atoms with Gasteiger partial charge in [-0.1, -0.05) is 6.42 Å². The Morgan fingerprint density at radius 3 is 2.90 bits per heavy atom. The lowest BCUT2D eigenvalue weighted by molar-refractivity contribution is 0.0698. The van der Waals surface area contributed by atoms with Gasteiger partial charge in [0, 0.05) is 11.3 Å². The van der Waals surface area contributed by atoms with Gasteiger partial charge in [-0.25, -0.2) is 9.18 Å². The number of thioether (sulfide) groups is 1. The first-order valence-corrected chi connectivity index (χ1v) is 7.92. The summed E-state index contributed by atoms with van der Waals surface area (Å²) in [7, 11) is 0. The van der Waals surface area contributed by atoms with Gasteiger partial charge in [-0.3, -0.25) is 0 Å². The summed E-state index contributed by atoms with van der Waals surface area (Å²) in [6.45, 7) is 0. The van der Waals surface area contributed by atoms with Crippen molar-refractivity contribution in [3.8, 4) is 0 Å². The van der Waals surface area contributed by atoms with E-state index in [4.69, 9.17) is 5.73 Å². The highest BCUT2D eigenvalue weighted by Crippen LogP contribution is 2.31. The van der Waals surface area contributed by atoms with E-state index < -0.39 is 11.8 Å². The van der Waals surface area contributed by atoms with Crippen LogP contribution in [-0.4, -0.2) is 28.6 Å². The molecule has 0 aromatic heterocycles. The number of carboxylic acids is 1. The van der Waals surface area contributed by atoms with Crippen molar-refractivity contribution < 1.29 is 14.3 Å². The topological polar surface area (TPSA) is 75.3 Å². The molecule has 6 heteroatoms. The predicted molar refractivity (Wildman–Crippen MR) is 81.0 cm³/mol. The molecule has 0 radical (unpaired) electrons. The van der Waals surface area contributed by atoms with Gasteiger partial charge >= 0.3 is 5.97 Å². The third-order valence-corrected chi connectivity index (χ3v) is 4.82. The second kappa shape index (κ2) is 6.35. The first kappa shape index (κ1) is 15.0. The summed E-state index contributed by atoms with van der Waals surface area (Å²) >= 11 is 1.84.